The van der Waals surface area contributed by atoms with Crippen LogP contribution in [-0.4, -0.2) is 12.6 Å². The first kappa shape index (κ1) is 10.7. The van der Waals surface area contributed by atoms with E-state index in [4.69, 9.17) is 0 Å². The molecule has 1 atom stereocenters. The summed E-state index contributed by atoms with van der Waals surface area (Å²) >= 11 is 0. The van der Waals surface area contributed by atoms with Crippen molar-refractivity contribution in [2.45, 2.75) is 44.6 Å². The fourth-order valence-electron chi connectivity index (χ4n) is 2.80. The summed E-state index contributed by atoms with van der Waals surface area (Å²) in [5.41, 5.74) is 1.93. The van der Waals surface area contributed by atoms with Crippen molar-refractivity contribution < 1.29 is 0 Å². The molecule has 15 heavy (non-hydrogen) atoms. The van der Waals surface area contributed by atoms with Gasteiger partial charge in [-0.3, -0.25) is 0 Å². The highest BCUT2D eigenvalue weighted by atomic mass is 14.9. The molecule has 0 radical (unpaired) electrons. The second-order valence-electron chi connectivity index (χ2n) is 4.66. The molecule has 1 aromatic rings. The molecule has 1 saturated carbocycles. The minimum atomic E-state index is 0.414. The normalized spacial score (nSPS) is 20.7. The fraction of sp³-hybridized carbons (Fsp3) is 0.571. The van der Waals surface area contributed by atoms with Gasteiger partial charge in [0.2, 0.25) is 0 Å². The van der Waals surface area contributed by atoms with Crippen LogP contribution in [0.4, 0.5) is 0 Å². The average molecular weight is 203 g/mol. The molecule has 1 aliphatic carbocycles. The van der Waals surface area contributed by atoms with E-state index in [2.05, 4.69) is 49.5 Å². The van der Waals surface area contributed by atoms with Gasteiger partial charge < -0.3 is 5.32 Å². The van der Waals surface area contributed by atoms with Crippen LogP contribution in [-0.2, 0) is 5.41 Å². The zero-order chi connectivity index (χ0) is 10.7. The van der Waals surface area contributed by atoms with Gasteiger partial charge in [0.05, 0.1) is 0 Å². The first-order valence-electron chi connectivity index (χ1n) is 6.08. The lowest BCUT2D eigenvalue weighted by molar-refractivity contribution is 0.181. The molecular formula is C14H21N. The lowest BCUT2D eigenvalue weighted by Gasteiger charge is -2.47. The largest absolute Gasteiger partial charge is 0.314 e. The van der Waals surface area contributed by atoms with E-state index in [0.717, 1.165) is 6.54 Å². The minimum absolute atomic E-state index is 0.414. The van der Waals surface area contributed by atoms with E-state index < -0.39 is 0 Å². The highest BCUT2D eigenvalue weighted by Crippen LogP contribution is 2.46. The van der Waals surface area contributed by atoms with E-state index in [1.165, 1.54) is 24.8 Å². The average Bonchev–Trinajstić information content (AvgIpc) is 2.18. The molecule has 1 aromatic carbocycles. The number of likely N-dealkylation sites (N-methyl/N-ethyl adjacent to an activating group) is 1. The Morgan fingerprint density at radius 2 is 1.93 bits per heavy atom. The maximum Gasteiger partial charge on any atom is 0.0136 e. The van der Waals surface area contributed by atoms with Gasteiger partial charge in [0.15, 0.2) is 0 Å². The summed E-state index contributed by atoms with van der Waals surface area (Å²) in [4.78, 5) is 0. The van der Waals surface area contributed by atoms with Crippen molar-refractivity contribution in [3.63, 3.8) is 0 Å². The molecular weight excluding hydrogens is 182 g/mol. The highest BCUT2D eigenvalue weighted by molar-refractivity contribution is 5.30. The molecule has 1 fully saturated rings. The molecule has 0 bridgehead atoms. The van der Waals surface area contributed by atoms with Gasteiger partial charge in [0.1, 0.15) is 0 Å². The number of nitrogens with one attached hydrogen (secondary N) is 1. The molecule has 1 aliphatic rings. The Bertz CT molecular complexity index is 300. The standard InChI is InChI=1S/C14H21N/c1-3-15-12(2)14(10-7-11-14)13-8-5-4-6-9-13/h4-6,8-9,12,15H,3,7,10-11H2,1-2H3. The van der Waals surface area contributed by atoms with E-state index in [1.54, 1.807) is 0 Å². The van der Waals surface area contributed by atoms with Crippen molar-refractivity contribution in [3.8, 4) is 0 Å². The van der Waals surface area contributed by atoms with E-state index in [9.17, 15) is 0 Å². The summed E-state index contributed by atoms with van der Waals surface area (Å²) < 4.78 is 0. The molecule has 1 N–H and O–H groups in total. The Balaban J connectivity index is 2.22. The topological polar surface area (TPSA) is 12.0 Å². The van der Waals surface area contributed by atoms with Crippen LogP contribution in [0.25, 0.3) is 0 Å². The van der Waals surface area contributed by atoms with Gasteiger partial charge in [-0.1, -0.05) is 43.7 Å². The summed E-state index contributed by atoms with van der Waals surface area (Å²) in [6, 6.07) is 11.6. The third kappa shape index (κ3) is 1.81. The summed E-state index contributed by atoms with van der Waals surface area (Å²) in [5, 5.41) is 3.59. The molecule has 1 nitrogen and oxygen atoms in total. The Kier molecular flexibility index (Phi) is 3.11. The molecule has 82 valence electrons. The van der Waals surface area contributed by atoms with Gasteiger partial charge in [-0.05, 0) is 31.9 Å². The Morgan fingerprint density at radius 3 is 2.40 bits per heavy atom. The number of hydrogen-bond donors (Lipinski definition) is 1. The highest BCUT2D eigenvalue weighted by Gasteiger charge is 2.42. The lowest BCUT2D eigenvalue weighted by Crippen LogP contribution is -2.51. The number of hydrogen-bond acceptors (Lipinski definition) is 1. The predicted molar refractivity (Wildman–Crippen MR) is 65.1 cm³/mol. The minimum Gasteiger partial charge on any atom is -0.314 e. The third-order valence-electron chi connectivity index (χ3n) is 3.93. The lowest BCUT2D eigenvalue weighted by atomic mass is 9.60. The Labute approximate surface area is 92.9 Å². The monoisotopic (exact) mass is 203 g/mol. The van der Waals surface area contributed by atoms with E-state index in [-0.39, 0.29) is 0 Å². The SMILES string of the molecule is CCNC(C)C1(c2ccccc2)CCC1. The molecule has 0 saturated heterocycles. The second kappa shape index (κ2) is 4.36. The van der Waals surface area contributed by atoms with Gasteiger partial charge in [-0.2, -0.15) is 0 Å². The molecule has 0 spiro atoms. The van der Waals surface area contributed by atoms with Crippen molar-refractivity contribution in [3.05, 3.63) is 35.9 Å². The van der Waals surface area contributed by atoms with Crippen LogP contribution in [0.15, 0.2) is 30.3 Å². The van der Waals surface area contributed by atoms with Crippen LogP contribution in [0.3, 0.4) is 0 Å². The molecule has 0 heterocycles. The van der Waals surface area contributed by atoms with E-state index in [1.807, 2.05) is 0 Å². The van der Waals surface area contributed by atoms with Crippen LogP contribution >= 0.6 is 0 Å². The second-order valence-corrected chi connectivity index (χ2v) is 4.66. The zero-order valence-corrected chi connectivity index (χ0v) is 9.79. The van der Waals surface area contributed by atoms with E-state index >= 15 is 0 Å². The first-order valence-corrected chi connectivity index (χ1v) is 6.08. The van der Waals surface area contributed by atoms with Crippen LogP contribution in [0, 0.1) is 0 Å². The van der Waals surface area contributed by atoms with E-state index in [0.29, 0.717) is 11.5 Å². The Morgan fingerprint density at radius 1 is 1.27 bits per heavy atom. The fourth-order valence-corrected chi connectivity index (χ4v) is 2.80. The molecule has 0 aromatic heterocycles. The molecule has 1 heteroatoms. The zero-order valence-electron chi connectivity index (χ0n) is 9.79. The summed E-state index contributed by atoms with van der Waals surface area (Å²) in [6.45, 7) is 5.58. The van der Waals surface area contributed by atoms with Crippen molar-refractivity contribution in [2.75, 3.05) is 6.54 Å². The van der Waals surface area contributed by atoms with Gasteiger partial charge in [0.25, 0.3) is 0 Å². The smallest absolute Gasteiger partial charge is 0.0136 e. The first-order chi connectivity index (χ1) is 7.29. The summed E-state index contributed by atoms with van der Waals surface area (Å²) in [6.07, 6.45) is 4.06. The molecule has 2 rings (SSSR count). The maximum atomic E-state index is 3.59. The van der Waals surface area contributed by atoms with Gasteiger partial charge in [-0.25, -0.2) is 0 Å². The van der Waals surface area contributed by atoms with Crippen molar-refractivity contribution in [2.24, 2.45) is 0 Å². The van der Waals surface area contributed by atoms with Gasteiger partial charge in [0, 0.05) is 11.5 Å². The predicted octanol–water partition coefficient (Wildman–Crippen LogP) is 3.11. The molecule has 0 aliphatic heterocycles. The van der Waals surface area contributed by atoms with Crippen molar-refractivity contribution >= 4 is 0 Å². The van der Waals surface area contributed by atoms with Crippen LogP contribution in [0.5, 0.6) is 0 Å². The van der Waals surface area contributed by atoms with Gasteiger partial charge in [-0.15, -0.1) is 0 Å². The third-order valence-corrected chi connectivity index (χ3v) is 3.93. The van der Waals surface area contributed by atoms with Crippen LogP contribution in [0.2, 0.25) is 0 Å². The van der Waals surface area contributed by atoms with Crippen LogP contribution in [0.1, 0.15) is 38.7 Å². The molecule has 1 unspecified atom stereocenters. The van der Waals surface area contributed by atoms with Crippen molar-refractivity contribution in [1.82, 2.24) is 5.32 Å². The number of rotatable bonds is 4. The van der Waals surface area contributed by atoms with Gasteiger partial charge >= 0.3 is 0 Å². The van der Waals surface area contributed by atoms with Crippen molar-refractivity contribution in [1.29, 1.82) is 0 Å². The summed E-state index contributed by atoms with van der Waals surface area (Å²) in [5.74, 6) is 0. The molecule has 0 amide bonds. The Hall–Kier alpha value is -0.820. The number of benzene rings is 1. The maximum absolute atomic E-state index is 3.59. The van der Waals surface area contributed by atoms with Crippen LogP contribution < -0.4 is 5.32 Å². The quantitative estimate of drug-likeness (QED) is 0.793. The summed E-state index contributed by atoms with van der Waals surface area (Å²) in [7, 11) is 0.